The molecule has 0 N–H and O–H groups in total. The zero-order valence-electron chi connectivity index (χ0n) is 13.1. The summed E-state index contributed by atoms with van der Waals surface area (Å²) >= 11 is 0. The Balaban J connectivity index is 2.49. The lowest BCUT2D eigenvalue weighted by molar-refractivity contribution is -0.120. The van der Waals surface area contributed by atoms with Crippen molar-refractivity contribution < 1.29 is 22.7 Å². The minimum absolute atomic E-state index is 0.208. The van der Waals surface area contributed by atoms with Gasteiger partial charge in [0.05, 0.1) is 18.8 Å². The summed E-state index contributed by atoms with van der Waals surface area (Å²) in [6, 6.07) is 1.62. The molecule has 1 fully saturated rings. The van der Waals surface area contributed by atoms with Crippen LogP contribution in [-0.4, -0.2) is 31.1 Å². The molecule has 0 aliphatic carbocycles. The van der Waals surface area contributed by atoms with E-state index >= 15 is 0 Å². The van der Waals surface area contributed by atoms with Gasteiger partial charge in [0.25, 0.3) is 0 Å². The first-order valence-corrected chi connectivity index (χ1v) is 7.16. The maximum Gasteiger partial charge on any atom is 0.202 e. The third kappa shape index (κ3) is 2.78. The van der Waals surface area contributed by atoms with Crippen molar-refractivity contribution in [2.45, 2.75) is 38.9 Å². The molecule has 0 amide bonds. The normalized spacial score (nSPS) is 22.0. The molecule has 0 bridgehead atoms. The molecule has 1 aromatic carbocycles. The van der Waals surface area contributed by atoms with Crippen LogP contribution in [0.5, 0.6) is 5.75 Å². The number of hydrogen-bond donors (Lipinski definition) is 0. The molecule has 2 atom stereocenters. The van der Waals surface area contributed by atoms with Crippen molar-refractivity contribution in [2.24, 2.45) is 5.92 Å². The number of carbonyl (C=O) groups is 1. The first-order valence-electron chi connectivity index (χ1n) is 7.16. The van der Waals surface area contributed by atoms with Crippen LogP contribution in [0.2, 0.25) is 0 Å². The van der Waals surface area contributed by atoms with Gasteiger partial charge in [-0.15, -0.1) is 0 Å². The molecule has 22 heavy (non-hydrogen) atoms. The fraction of sp³-hybridized carbons (Fsp3) is 0.562. The highest BCUT2D eigenvalue weighted by Crippen LogP contribution is 2.42. The summed E-state index contributed by atoms with van der Waals surface area (Å²) in [6.07, 6.45) is 0.454. The van der Waals surface area contributed by atoms with Crippen molar-refractivity contribution in [3.05, 3.63) is 23.8 Å². The zero-order chi connectivity index (χ0) is 16.7. The van der Waals surface area contributed by atoms with Crippen molar-refractivity contribution >= 4 is 11.5 Å². The van der Waals surface area contributed by atoms with Crippen LogP contribution in [0.15, 0.2) is 12.1 Å². The molecule has 0 spiro atoms. The van der Waals surface area contributed by atoms with Crippen LogP contribution < -0.4 is 9.64 Å². The van der Waals surface area contributed by atoms with Gasteiger partial charge in [-0.1, -0.05) is 0 Å². The Labute approximate surface area is 128 Å². The molecule has 1 heterocycles. The van der Waals surface area contributed by atoms with E-state index in [0.29, 0.717) is 13.0 Å². The second-order valence-corrected chi connectivity index (χ2v) is 6.12. The van der Waals surface area contributed by atoms with Crippen LogP contribution in [0.1, 0.15) is 27.2 Å². The number of hydrogen-bond acceptors (Lipinski definition) is 3. The van der Waals surface area contributed by atoms with Crippen molar-refractivity contribution in [1.29, 1.82) is 0 Å². The molecule has 2 rings (SSSR count). The second kappa shape index (κ2) is 5.82. The summed E-state index contributed by atoms with van der Waals surface area (Å²) in [5, 5.41) is 0. The lowest BCUT2D eigenvalue weighted by Gasteiger charge is -2.33. The summed E-state index contributed by atoms with van der Waals surface area (Å²) in [5.74, 6) is -3.11. The number of ketones is 1. The largest absolute Gasteiger partial charge is 0.491 e. The number of anilines is 1. The van der Waals surface area contributed by atoms with E-state index < -0.39 is 29.3 Å². The van der Waals surface area contributed by atoms with E-state index in [-0.39, 0.29) is 17.2 Å². The summed E-state index contributed by atoms with van der Waals surface area (Å²) in [7, 11) is 1.23. The van der Waals surface area contributed by atoms with Gasteiger partial charge in [0.2, 0.25) is 5.82 Å². The number of Topliss-reactive ketones (excluding diaryl/α,β-unsaturated/α-hetero) is 1. The molecule has 0 saturated carbocycles. The molecule has 0 radical (unpaired) electrons. The van der Waals surface area contributed by atoms with Gasteiger partial charge in [-0.05, 0) is 39.3 Å². The molecular weight excluding hydrogens is 295 g/mol. The molecule has 0 aromatic heterocycles. The number of nitrogens with zero attached hydrogens (tertiary/aromatic N) is 1. The van der Waals surface area contributed by atoms with Crippen LogP contribution in [0.25, 0.3) is 0 Å². The van der Waals surface area contributed by atoms with Crippen molar-refractivity contribution in [1.82, 2.24) is 0 Å². The van der Waals surface area contributed by atoms with Gasteiger partial charge in [-0.25, -0.2) is 8.78 Å². The van der Waals surface area contributed by atoms with E-state index in [9.17, 15) is 18.0 Å². The van der Waals surface area contributed by atoms with Crippen LogP contribution in [0.3, 0.4) is 0 Å². The van der Waals surface area contributed by atoms with E-state index in [0.717, 1.165) is 6.07 Å². The monoisotopic (exact) mass is 315 g/mol. The quantitative estimate of drug-likeness (QED) is 0.851. The number of ether oxygens (including phenoxy) is 1. The summed E-state index contributed by atoms with van der Waals surface area (Å²) in [5.41, 5.74) is -1.27. The van der Waals surface area contributed by atoms with Gasteiger partial charge < -0.3 is 9.64 Å². The SMILES string of the molecule is COc1c(N2CCC(C(C)(C)F)C2C(C)=O)ccc(F)c1F. The Morgan fingerprint density at radius 3 is 2.50 bits per heavy atom. The molecular formula is C16H20F3NO2. The van der Waals surface area contributed by atoms with Crippen molar-refractivity contribution in [2.75, 3.05) is 18.6 Å². The molecule has 1 saturated heterocycles. The molecule has 2 unspecified atom stereocenters. The molecule has 1 aromatic rings. The number of carbonyl (C=O) groups excluding carboxylic acids is 1. The molecule has 1 aliphatic rings. The summed E-state index contributed by atoms with van der Waals surface area (Å²) in [4.78, 5) is 13.6. The van der Waals surface area contributed by atoms with E-state index in [2.05, 4.69) is 0 Å². The third-order valence-electron chi connectivity index (χ3n) is 4.24. The lowest BCUT2D eigenvalue weighted by atomic mass is 9.84. The smallest absolute Gasteiger partial charge is 0.202 e. The Morgan fingerprint density at radius 1 is 1.36 bits per heavy atom. The first-order chi connectivity index (χ1) is 10.2. The molecule has 122 valence electrons. The third-order valence-corrected chi connectivity index (χ3v) is 4.24. The highest BCUT2D eigenvalue weighted by atomic mass is 19.2. The highest BCUT2D eigenvalue weighted by Gasteiger charge is 2.46. The molecule has 1 aliphatic heterocycles. The van der Waals surface area contributed by atoms with Crippen LogP contribution >= 0.6 is 0 Å². The van der Waals surface area contributed by atoms with Crippen LogP contribution in [-0.2, 0) is 4.79 Å². The average Bonchev–Trinajstić information content (AvgIpc) is 2.86. The Kier molecular flexibility index (Phi) is 4.40. The number of methoxy groups -OCH3 is 1. The minimum Gasteiger partial charge on any atom is -0.491 e. The Hall–Kier alpha value is -1.72. The van der Waals surface area contributed by atoms with Crippen molar-refractivity contribution in [3.8, 4) is 5.75 Å². The zero-order valence-corrected chi connectivity index (χ0v) is 13.1. The maximum atomic E-state index is 14.4. The summed E-state index contributed by atoms with van der Waals surface area (Å²) < 4.78 is 46.6. The van der Waals surface area contributed by atoms with Gasteiger partial charge in [-0.3, -0.25) is 4.79 Å². The van der Waals surface area contributed by atoms with Crippen LogP contribution in [0.4, 0.5) is 18.9 Å². The molecule has 6 heteroatoms. The van der Waals surface area contributed by atoms with Gasteiger partial charge in [0.1, 0.15) is 5.67 Å². The van der Waals surface area contributed by atoms with Crippen molar-refractivity contribution in [3.63, 3.8) is 0 Å². The number of halogens is 3. The van der Waals surface area contributed by atoms with E-state index in [4.69, 9.17) is 4.74 Å². The predicted octanol–water partition coefficient (Wildman–Crippen LogP) is 3.51. The van der Waals surface area contributed by atoms with E-state index in [1.54, 1.807) is 4.90 Å². The summed E-state index contributed by atoms with van der Waals surface area (Å²) in [6.45, 7) is 4.62. The minimum atomic E-state index is -1.54. The average molecular weight is 315 g/mol. The second-order valence-electron chi connectivity index (χ2n) is 6.12. The van der Waals surface area contributed by atoms with Gasteiger partial charge in [0, 0.05) is 12.5 Å². The maximum absolute atomic E-state index is 14.4. The Morgan fingerprint density at radius 2 is 2.00 bits per heavy atom. The van der Waals surface area contributed by atoms with Gasteiger partial charge >= 0.3 is 0 Å². The van der Waals surface area contributed by atoms with E-state index in [1.807, 2.05) is 0 Å². The number of benzene rings is 1. The fourth-order valence-electron chi connectivity index (χ4n) is 3.23. The Bertz CT molecular complexity index is 583. The topological polar surface area (TPSA) is 29.5 Å². The number of rotatable bonds is 4. The predicted molar refractivity (Wildman–Crippen MR) is 78.0 cm³/mol. The van der Waals surface area contributed by atoms with Crippen LogP contribution in [0, 0.1) is 17.6 Å². The standard InChI is InChI=1S/C16H20F3NO2/c1-9(21)14-10(16(2,3)19)7-8-20(14)12-6-5-11(17)13(18)15(12)22-4/h5-6,10,14H,7-8H2,1-4H3. The van der Waals surface area contributed by atoms with Gasteiger partial charge in [0.15, 0.2) is 17.3 Å². The van der Waals surface area contributed by atoms with E-state index in [1.165, 1.54) is 33.9 Å². The lowest BCUT2D eigenvalue weighted by Crippen LogP contribution is -2.44. The molecule has 3 nitrogen and oxygen atoms in total. The van der Waals surface area contributed by atoms with Gasteiger partial charge in [-0.2, -0.15) is 4.39 Å². The highest BCUT2D eigenvalue weighted by molar-refractivity contribution is 5.87. The fourth-order valence-corrected chi connectivity index (χ4v) is 3.23. The number of alkyl halides is 1. The first kappa shape index (κ1) is 16.6.